The molecule has 0 spiro atoms. The minimum Gasteiger partial charge on any atom is -0.481 e. The Kier molecular flexibility index (Phi) is 3.75. The largest absolute Gasteiger partial charge is 0.481 e. The third-order valence-corrected chi connectivity index (χ3v) is 3.99. The number of hydrogen-bond donors (Lipinski definition) is 1. The molecular formula is C14H15BrN2O2. The molecule has 0 atom stereocenters. The van der Waals surface area contributed by atoms with Gasteiger partial charge in [0.2, 0.25) is 0 Å². The maximum atomic E-state index is 10.8. The molecule has 100 valence electrons. The number of rotatable bonds is 3. The Bertz CT molecular complexity index is 647. The smallest absolute Gasteiger partial charge is 0.309 e. The van der Waals surface area contributed by atoms with Crippen LogP contribution in [0.1, 0.15) is 16.8 Å². The first-order chi connectivity index (χ1) is 8.90. The third kappa shape index (κ3) is 2.71. The molecule has 0 saturated carbocycles. The average Bonchev–Trinajstić information content (AvgIpc) is 2.58. The summed E-state index contributed by atoms with van der Waals surface area (Å²) in [6.45, 7) is 4.12. The maximum Gasteiger partial charge on any atom is 0.309 e. The Labute approximate surface area is 120 Å². The van der Waals surface area contributed by atoms with Gasteiger partial charge < -0.3 is 5.11 Å². The molecule has 0 amide bonds. The lowest BCUT2D eigenvalue weighted by molar-refractivity contribution is -0.136. The fourth-order valence-electron chi connectivity index (χ4n) is 2.01. The molecule has 2 rings (SSSR count). The number of carboxylic acid groups (broad SMARTS) is 1. The summed E-state index contributed by atoms with van der Waals surface area (Å²) in [6, 6.07) is 6.16. The van der Waals surface area contributed by atoms with Gasteiger partial charge >= 0.3 is 5.97 Å². The van der Waals surface area contributed by atoms with Gasteiger partial charge in [-0.25, -0.2) is 0 Å². The lowest BCUT2D eigenvalue weighted by atomic mass is 10.0. The monoisotopic (exact) mass is 322 g/mol. The second-order valence-electron chi connectivity index (χ2n) is 4.60. The standard InChI is InChI=1S/C14H15BrN2O2/c1-8-4-5-10(6-9(8)2)14-13(15)11(7-12(18)19)16-17(14)3/h4-6H,7H2,1-3H3,(H,18,19). The van der Waals surface area contributed by atoms with E-state index in [0.717, 1.165) is 15.7 Å². The van der Waals surface area contributed by atoms with Crippen molar-refractivity contribution in [1.82, 2.24) is 9.78 Å². The van der Waals surface area contributed by atoms with E-state index in [1.54, 1.807) is 4.68 Å². The van der Waals surface area contributed by atoms with Crippen molar-refractivity contribution in [2.45, 2.75) is 20.3 Å². The first kappa shape index (κ1) is 13.8. The number of carbonyl (C=O) groups is 1. The predicted molar refractivity (Wildman–Crippen MR) is 77.2 cm³/mol. The molecule has 0 aliphatic heterocycles. The quantitative estimate of drug-likeness (QED) is 0.944. The van der Waals surface area contributed by atoms with Gasteiger partial charge in [0.1, 0.15) is 0 Å². The highest BCUT2D eigenvalue weighted by atomic mass is 79.9. The van der Waals surface area contributed by atoms with Gasteiger partial charge in [-0.3, -0.25) is 9.48 Å². The Balaban J connectivity index is 2.52. The molecular weight excluding hydrogens is 308 g/mol. The van der Waals surface area contributed by atoms with Crippen LogP contribution < -0.4 is 0 Å². The van der Waals surface area contributed by atoms with E-state index in [1.165, 1.54) is 11.1 Å². The zero-order chi connectivity index (χ0) is 14.2. The van der Waals surface area contributed by atoms with Crippen LogP contribution in [0.5, 0.6) is 0 Å². The molecule has 0 saturated heterocycles. The maximum absolute atomic E-state index is 10.8. The fourth-order valence-corrected chi connectivity index (χ4v) is 2.72. The molecule has 0 radical (unpaired) electrons. The van der Waals surface area contributed by atoms with E-state index in [2.05, 4.69) is 47.0 Å². The number of aryl methyl sites for hydroxylation is 3. The van der Waals surface area contributed by atoms with Crippen LogP contribution in [0.3, 0.4) is 0 Å². The molecule has 1 heterocycles. The summed E-state index contributed by atoms with van der Waals surface area (Å²) in [5.74, 6) is -0.884. The first-order valence-electron chi connectivity index (χ1n) is 5.91. The summed E-state index contributed by atoms with van der Waals surface area (Å²) < 4.78 is 2.47. The second kappa shape index (κ2) is 5.17. The van der Waals surface area contributed by atoms with Crippen LogP contribution in [-0.2, 0) is 18.3 Å². The van der Waals surface area contributed by atoms with Crippen molar-refractivity contribution < 1.29 is 9.90 Å². The average molecular weight is 323 g/mol. The Morgan fingerprint density at radius 3 is 2.63 bits per heavy atom. The number of halogens is 1. The molecule has 0 aliphatic carbocycles. The van der Waals surface area contributed by atoms with Crippen molar-refractivity contribution >= 4 is 21.9 Å². The molecule has 19 heavy (non-hydrogen) atoms. The zero-order valence-electron chi connectivity index (χ0n) is 11.1. The van der Waals surface area contributed by atoms with Gasteiger partial charge in [-0.05, 0) is 47.0 Å². The lowest BCUT2D eigenvalue weighted by Gasteiger charge is -2.06. The van der Waals surface area contributed by atoms with Crippen LogP contribution in [0, 0.1) is 13.8 Å². The third-order valence-electron chi connectivity index (χ3n) is 3.15. The highest BCUT2D eigenvalue weighted by Crippen LogP contribution is 2.32. The van der Waals surface area contributed by atoms with Gasteiger partial charge in [0, 0.05) is 12.6 Å². The van der Waals surface area contributed by atoms with Gasteiger partial charge in [-0.1, -0.05) is 12.1 Å². The molecule has 2 aromatic rings. The van der Waals surface area contributed by atoms with Crippen LogP contribution >= 0.6 is 15.9 Å². The SMILES string of the molecule is Cc1ccc(-c2c(Br)c(CC(=O)O)nn2C)cc1C. The molecule has 0 bridgehead atoms. The number of hydrogen-bond acceptors (Lipinski definition) is 2. The van der Waals surface area contributed by atoms with Crippen molar-refractivity contribution in [2.75, 3.05) is 0 Å². The van der Waals surface area contributed by atoms with Crippen molar-refractivity contribution in [1.29, 1.82) is 0 Å². The van der Waals surface area contributed by atoms with Crippen molar-refractivity contribution in [2.24, 2.45) is 7.05 Å². The Hall–Kier alpha value is -1.62. The summed E-state index contributed by atoms with van der Waals surface area (Å²) in [5, 5.41) is 13.1. The topological polar surface area (TPSA) is 55.1 Å². The summed E-state index contributed by atoms with van der Waals surface area (Å²) in [5.41, 5.74) is 4.90. The molecule has 4 nitrogen and oxygen atoms in total. The first-order valence-corrected chi connectivity index (χ1v) is 6.70. The molecule has 1 aromatic heterocycles. The van der Waals surface area contributed by atoms with Gasteiger partial charge in [0.05, 0.1) is 22.3 Å². The predicted octanol–water partition coefficient (Wildman–Crippen LogP) is 3.09. The number of nitrogens with zero attached hydrogens (tertiary/aromatic N) is 2. The van der Waals surface area contributed by atoms with E-state index in [9.17, 15) is 4.79 Å². The van der Waals surface area contributed by atoms with E-state index in [4.69, 9.17) is 5.11 Å². The van der Waals surface area contributed by atoms with E-state index >= 15 is 0 Å². The highest BCUT2D eigenvalue weighted by Gasteiger charge is 2.17. The Morgan fingerprint density at radius 1 is 1.37 bits per heavy atom. The number of benzene rings is 1. The Morgan fingerprint density at radius 2 is 2.05 bits per heavy atom. The highest BCUT2D eigenvalue weighted by molar-refractivity contribution is 9.10. The van der Waals surface area contributed by atoms with Crippen LogP contribution in [0.2, 0.25) is 0 Å². The second-order valence-corrected chi connectivity index (χ2v) is 5.40. The van der Waals surface area contributed by atoms with Crippen LogP contribution in [0.25, 0.3) is 11.3 Å². The summed E-state index contributed by atoms with van der Waals surface area (Å²) >= 11 is 3.46. The number of aliphatic carboxylic acids is 1. The summed E-state index contributed by atoms with van der Waals surface area (Å²) in [7, 11) is 1.82. The van der Waals surface area contributed by atoms with Gasteiger partial charge in [0.25, 0.3) is 0 Å². The van der Waals surface area contributed by atoms with Crippen molar-refractivity contribution in [3.05, 3.63) is 39.5 Å². The summed E-state index contributed by atoms with van der Waals surface area (Å²) in [4.78, 5) is 10.8. The zero-order valence-corrected chi connectivity index (χ0v) is 12.7. The minimum atomic E-state index is -0.884. The molecule has 1 aromatic carbocycles. The van der Waals surface area contributed by atoms with Gasteiger partial charge in [-0.15, -0.1) is 0 Å². The van der Waals surface area contributed by atoms with E-state index in [1.807, 2.05) is 13.1 Å². The lowest BCUT2D eigenvalue weighted by Crippen LogP contribution is -2.02. The number of aromatic nitrogens is 2. The normalized spacial score (nSPS) is 10.7. The molecule has 1 N–H and O–H groups in total. The molecule has 0 unspecified atom stereocenters. The van der Waals surface area contributed by atoms with E-state index in [-0.39, 0.29) is 6.42 Å². The summed E-state index contributed by atoms with van der Waals surface area (Å²) in [6.07, 6.45) is -0.0841. The van der Waals surface area contributed by atoms with Crippen molar-refractivity contribution in [3.63, 3.8) is 0 Å². The van der Waals surface area contributed by atoms with Crippen LogP contribution in [0.4, 0.5) is 0 Å². The molecule has 0 aliphatic rings. The van der Waals surface area contributed by atoms with E-state index in [0.29, 0.717) is 5.69 Å². The molecule has 0 fully saturated rings. The van der Waals surface area contributed by atoms with Crippen molar-refractivity contribution in [3.8, 4) is 11.3 Å². The van der Waals surface area contributed by atoms with Gasteiger partial charge in [-0.2, -0.15) is 5.10 Å². The van der Waals surface area contributed by atoms with E-state index < -0.39 is 5.97 Å². The van der Waals surface area contributed by atoms with Gasteiger partial charge in [0.15, 0.2) is 0 Å². The number of carboxylic acids is 1. The van der Waals surface area contributed by atoms with Crippen LogP contribution in [-0.4, -0.2) is 20.9 Å². The minimum absolute atomic E-state index is 0.0841. The fraction of sp³-hybridized carbons (Fsp3) is 0.286. The molecule has 5 heteroatoms. The van der Waals surface area contributed by atoms with Crippen LogP contribution in [0.15, 0.2) is 22.7 Å².